The Morgan fingerprint density at radius 1 is 1.35 bits per heavy atom. The SMILES string of the molecule is C=C(CN(CCC)c1ccccc1)C(=O)OC. The number of carbonyl (C=O) groups excluding carboxylic acids is 1. The Hall–Kier alpha value is -1.77. The van der Waals surface area contributed by atoms with Crippen molar-refractivity contribution in [2.45, 2.75) is 13.3 Å². The average Bonchev–Trinajstić information content (AvgIpc) is 2.38. The molecule has 1 rings (SSSR count). The fourth-order valence-corrected chi connectivity index (χ4v) is 1.65. The van der Waals surface area contributed by atoms with E-state index in [9.17, 15) is 4.79 Å². The van der Waals surface area contributed by atoms with Crippen molar-refractivity contribution in [2.24, 2.45) is 0 Å². The quantitative estimate of drug-likeness (QED) is 0.559. The summed E-state index contributed by atoms with van der Waals surface area (Å²) in [5, 5.41) is 0. The second kappa shape index (κ2) is 6.74. The third-order valence-electron chi connectivity index (χ3n) is 2.47. The molecule has 0 spiro atoms. The number of esters is 1. The number of hydrogen-bond donors (Lipinski definition) is 0. The van der Waals surface area contributed by atoms with Gasteiger partial charge in [0.25, 0.3) is 0 Å². The first-order valence-electron chi connectivity index (χ1n) is 5.75. The molecule has 0 aliphatic heterocycles. The Morgan fingerprint density at radius 2 is 2.00 bits per heavy atom. The van der Waals surface area contributed by atoms with E-state index in [2.05, 4.69) is 23.1 Å². The van der Waals surface area contributed by atoms with Crippen LogP contribution in [0.15, 0.2) is 42.5 Å². The lowest BCUT2D eigenvalue weighted by atomic mass is 10.2. The van der Waals surface area contributed by atoms with Gasteiger partial charge in [-0.05, 0) is 18.6 Å². The van der Waals surface area contributed by atoms with Gasteiger partial charge in [0, 0.05) is 24.4 Å². The Bertz CT molecular complexity index is 373. The van der Waals surface area contributed by atoms with Gasteiger partial charge in [0.05, 0.1) is 7.11 Å². The minimum absolute atomic E-state index is 0.345. The highest BCUT2D eigenvalue weighted by molar-refractivity contribution is 5.88. The van der Waals surface area contributed by atoms with Crippen LogP contribution in [0.3, 0.4) is 0 Å². The molecule has 0 aromatic heterocycles. The second-order valence-electron chi connectivity index (χ2n) is 3.85. The fraction of sp³-hybridized carbons (Fsp3) is 0.357. The number of para-hydroxylation sites is 1. The van der Waals surface area contributed by atoms with Crippen LogP contribution in [-0.2, 0) is 9.53 Å². The van der Waals surface area contributed by atoms with Crippen LogP contribution in [0.5, 0.6) is 0 Å². The summed E-state index contributed by atoms with van der Waals surface area (Å²) in [5.41, 5.74) is 1.57. The summed E-state index contributed by atoms with van der Waals surface area (Å²) in [5.74, 6) is -0.345. The van der Waals surface area contributed by atoms with Crippen molar-refractivity contribution >= 4 is 11.7 Å². The van der Waals surface area contributed by atoms with Gasteiger partial charge < -0.3 is 9.64 Å². The molecule has 3 heteroatoms. The molecule has 0 aliphatic carbocycles. The third kappa shape index (κ3) is 3.94. The molecule has 0 unspecified atom stereocenters. The molecule has 0 amide bonds. The molecule has 0 N–H and O–H groups in total. The van der Waals surface area contributed by atoms with E-state index in [-0.39, 0.29) is 5.97 Å². The van der Waals surface area contributed by atoms with Gasteiger partial charge >= 0.3 is 5.97 Å². The molecule has 0 saturated carbocycles. The average molecular weight is 233 g/mol. The molecule has 0 fully saturated rings. The van der Waals surface area contributed by atoms with Crippen LogP contribution in [0, 0.1) is 0 Å². The molecular formula is C14H19NO2. The summed E-state index contributed by atoms with van der Waals surface area (Å²) in [6.07, 6.45) is 1.02. The Morgan fingerprint density at radius 3 is 2.53 bits per heavy atom. The van der Waals surface area contributed by atoms with Crippen molar-refractivity contribution in [3.8, 4) is 0 Å². The van der Waals surface area contributed by atoms with E-state index in [1.54, 1.807) is 0 Å². The number of methoxy groups -OCH3 is 1. The Balaban J connectivity index is 2.74. The van der Waals surface area contributed by atoms with E-state index >= 15 is 0 Å². The molecule has 0 saturated heterocycles. The van der Waals surface area contributed by atoms with Gasteiger partial charge in [0.2, 0.25) is 0 Å². The van der Waals surface area contributed by atoms with E-state index in [4.69, 9.17) is 0 Å². The summed E-state index contributed by atoms with van der Waals surface area (Å²) in [6, 6.07) is 10.0. The first-order chi connectivity index (χ1) is 8.19. The van der Waals surface area contributed by atoms with Gasteiger partial charge in [-0.15, -0.1) is 0 Å². The van der Waals surface area contributed by atoms with Crippen LogP contribution < -0.4 is 4.90 Å². The molecule has 17 heavy (non-hydrogen) atoms. The van der Waals surface area contributed by atoms with Crippen LogP contribution in [0.25, 0.3) is 0 Å². The number of carbonyl (C=O) groups is 1. The largest absolute Gasteiger partial charge is 0.466 e. The highest BCUT2D eigenvalue weighted by atomic mass is 16.5. The molecule has 1 aromatic rings. The molecule has 0 radical (unpaired) electrons. The van der Waals surface area contributed by atoms with Crippen molar-refractivity contribution in [2.75, 3.05) is 25.1 Å². The molecule has 0 aliphatic rings. The lowest BCUT2D eigenvalue weighted by Gasteiger charge is -2.24. The monoisotopic (exact) mass is 233 g/mol. The molecule has 0 heterocycles. The smallest absolute Gasteiger partial charge is 0.334 e. The van der Waals surface area contributed by atoms with Gasteiger partial charge in [-0.3, -0.25) is 0 Å². The lowest BCUT2D eigenvalue weighted by Crippen LogP contribution is -2.28. The zero-order chi connectivity index (χ0) is 12.7. The third-order valence-corrected chi connectivity index (χ3v) is 2.47. The molecule has 1 aromatic carbocycles. The van der Waals surface area contributed by atoms with Gasteiger partial charge in [-0.2, -0.15) is 0 Å². The van der Waals surface area contributed by atoms with Crippen molar-refractivity contribution in [3.05, 3.63) is 42.5 Å². The van der Waals surface area contributed by atoms with Crippen molar-refractivity contribution < 1.29 is 9.53 Å². The minimum atomic E-state index is -0.345. The molecule has 0 atom stereocenters. The molecule has 3 nitrogen and oxygen atoms in total. The molecule has 92 valence electrons. The fourth-order valence-electron chi connectivity index (χ4n) is 1.65. The summed E-state index contributed by atoms with van der Waals surface area (Å²) >= 11 is 0. The minimum Gasteiger partial charge on any atom is -0.466 e. The lowest BCUT2D eigenvalue weighted by molar-refractivity contribution is -0.136. The summed E-state index contributed by atoms with van der Waals surface area (Å²) in [7, 11) is 1.38. The van der Waals surface area contributed by atoms with Crippen LogP contribution in [0.4, 0.5) is 5.69 Å². The van der Waals surface area contributed by atoms with E-state index in [0.29, 0.717) is 12.1 Å². The van der Waals surface area contributed by atoms with Crippen molar-refractivity contribution in [3.63, 3.8) is 0 Å². The summed E-state index contributed by atoms with van der Waals surface area (Å²) < 4.78 is 4.66. The predicted molar refractivity (Wildman–Crippen MR) is 70.1 cm³/mol. The van der Waals surface area contributed by atoms with E-state index in [1.165, 1.54) is 7.11 Å². The van der Waals surface area contributed by atoms with Gasteiger partial charge in [-0.25, -0.2) is 4.79 Å². The molecular weight excluding hydrogens is 214 g/mol. The van der Waals surface area contributed by atoms with Crippen LogP contribution >= 0.6 is 0 Å². The Labute approximate surface area is 103 Å². The number of ether oxygens (including phenoxy) is 1. The summed E-state index contributed by atoms with van der Waals surface area (Å²) in [4.78, 5) is 13.5. The summed E-state index contributed by atoms with van der Waals surface area (Å²) in [6.45, 7) is 7.26. The van der Waals surface area contributed by atoms with Crippen LogP contribution in [-0.4, -0.2) is 26.2 Å². The van der Waals surface area contributed by atoms with Crippen LogP contribution in [0.2, 0.25) is 0 Å². The maximum absolute atomic E-state index is 11.3. The zero-order valence-electron chi connectivity index (χ0n) is 10.5. The van der Waals surface area contributed by atoms with E-state index < -0.39 is 0 Å². The van der Waals surface area contributed by atoms with E-state index in [1.807, 2.05) is 30.3 Å². The predicted octanol–water partition coefficient (Wildman–Crippen LogP) is 2.63. The van der Waals surface area contributed by atoms with Crippen LogP contribution in [0.1, 0.15) is 13.3 Å². The van der Waals surface area contributed by atoms with Gasteiger partial charge in [0.15, 0.2) is 0 Å². The normalized spacial score (nSPS) is 9.76. The number of anilines is 1. The standard InChI is InChI=1S/C14H19NO2/c1-4-10-15(11-12(2)14(16)17-3)13-8-6-5-7-9-13/h5-9H,2,4,10-11H2,1,3H3. The second-order valence-corrected chi connectivity index (χ2v) is 3.85. The first kappa shape index (κ1) is 13.3. The zero-order valence-corrected chi connectivity index (χ0v) is 10.5. The highest BCUT2D eigenvalue weighted by Crippen LogP contribution is 2.15. The van der Waals surface area contributed by atoms with Gasteiger partial charge in [-0.1, -0.05) is 31.7 Å². The highest BCUT2D eigenvalue weighted by Gasteiger charge is 2.12. The maximum atomic E-state index is 11.3. The number of nitrogens with zero attached hydrogens (tertiary/aromatic N) is 1. The first-order valence-corrected chi connectivity index (χ1v) is 5.75. The number of hydrogen-bond acceptors (Lipinski definition) is 3. The van der Waals surface area contributed by atoms with Crippen molar-refractivity contribution in [1.82, 2.24) is 0 Å². The van der Waals surface area contributed by atoms with E-state index in [0.717, 1.165) is 18.7 Å². The number of rotatable bonds is 6. The van der Waals surface area contributed by atoms with Gasteiger partial charge in [0.1, 0.15) is 0 Å². The topological polar surface area (TPSA) is 29.5 Å². The molecule has 0 bridgehead atoms. The van der Waals surface area contributed by atoms with Crippen molar-refractivity contribution in [1.29, 1.82) is 0 Å². The maximum Gasteiger partial charge on any atom is 0.334 e. The number of benzene rings is 1. The Kier molecular flexibility index (Phi) is 5.27.